The highest BCUT2D eigenvalue weighted by molar-refractivity contribution is 4.65. The molecule has 0 aliphatic carbocycles. The molecule has 0 amide bonds. The third-order valence-electron chi connectivity index (χ3n) is 2.20. The molecule has 0 spiro atoms. The number of hydrogen-bond acceptors (Lipinski definition) is 2. The molecule has 0 aliphatic heterocycles. The Hall–Kier alpha value is -0.290. The monoisotopic (exact) mass is 227 g/mol. The number of rotatable bonds is 7. The zero-order valence-corrected chi connectivity index (χ0v) is 9.53. The summed E-state index contributed by atoms with van der Waals surface area (Å²) in [5.74, 6) is 0.449. The number of hydrogen-bond donors (Lipinski definition) is 1. The molecule has 0 rings (SSSR count). The van der Waals surface area contributed by atoms with Crippen LogP contribution >= 0.6 is 0 Å². The van der Waals surface area contributed by atoms with Gasteiger partial charge in [-0.15, -0.1) is 0 Å². The van der Waals surface area contributed by atoms with E-state index in [2.05, 4.69) is 10.1 Å². The fraction of sp³-hybridized carbons (Fsp3) is 1.00. The smallest absolute Gasteiger partial charge is 0.372 e. The van der Waals surface area contributed by atoms with Crippen molar-refractivity contribution in [1.29, 1.82) is 0 Å². The van der Waals surface area contributed by atoms with Crippen molar-refractivity contribution in [2.24, 2.45) is 11.8 Å². The summed E-state index contributed by atoms with van der Waals surface area (Å²) in [7, 11) is 0. The van der Waals surface area contributed by atoms with E-state index in [1.54, 1.807) is 0 Å². The molecule has 1 N–H and O–H groups in total. The molecule has 0 aromatic rings. The van der Waals surface area contributed by atoms with Crippen molar-refractivity contribution in [1.82, 2.24) is 5.32 Å². The molecule has 0 radical (unpaired) electrons. The highest BCUT2D eigenvalue weighted by Crippen LogP contribution is 2.16. The van der Waals surface area contributed by atoms with Gasteiger partial charge in [-0.3, -0.25) is 0 Å². The maximum absolute atomic E-state index is 11.8. The Morgan fingerprint density at radius 1 is 1.27 bits per heavy atom. The maximum atomic E-state index is 11.8. The second kappa shape index (κ2) is 7.06. The molecule has 0 saturated carbocycles. The molecule has 0 bridgehead atoms. The zero-order valence-electron chi connectivity index (χ0n) is 9.53. The maximum Gasteiger partial charge on any atom is 0.411 e. The Morgan fingerprint density at radius 2 is 1.87 bits per heavy atom. The van der Waals surface area contributed by atoms with E-state index in [-0.39, 0.29) is 12.5 Å². The van der Waals surface area contributed by atoms with Crippen molar-refractivity contribution in [3.63, 3.8) is 0 Å². The summed E-state index contributed by atoms with van der Waals surface area (Å²) in [6, 6.07) is 0. The summed E-state index contributed by atoms with van der Waals surface area (Å²) in [5.41, 5.74) is 0. The number of nitrogens with one attached hydrogen (secondary N) is 1. The van der Waals surface area contributed by atoms with Gasteiger partial charge in [-0.2, -0.15) is 13.2 Å². The minimum atomic E-state index is -4.22. The molecule has 1 unspecified atom stereocenters. The average molecular weight is 227 g/mol. The lowest BCUT2D eigenvalue weighted by Crippen LogP contribution is -2.31. The molecule has 1 atom stereocenters. The van der Waals surface area contributed by atoms with E-state index >= 15 is 0 Å². The lowest BCUT2D eigenvalue weighted by Gasteiger charge is -2.21. The van der Waals surface area contributed by atoms with Crippen LogP contribution in [-0.2, 0) is 4.74 Å². The molecule has 0 fully saturated rings. The number of alkyl halides is 3. The van der Waals surface area contributed by atoms with E-state index in [1.165, 1.54) is 0 Å². The molecule has 0 aromatic heterocycles. The zero-order chi connectivity index (χ0) is 11.9. The molecular weight excluding hydrogens is 207 g/mol. The van der Waals surface area contributed by atoms with Gasteiger partial charge in [0.1, 0.15) is 6.61 Å². The normalized spacial score (nSPS) is 14.6. The summed E-state index contributed by atoms with van der Waals surface area (Å²) >= 11 is 0. The third-order valence-corrected chi connectivity index (χ3v) is 2.20. The van der Waals surface area contributed by atoms with Gasteiger partial charge in [-0.1, -0.05) is 20.8 Å². The van der Waals surface area contributed by atoms with Crippen LogP contribution in [0.2, 0.25) is 0 Å². The van der Waals surface area contributed by atoms with Gasteiger partial charge in [0, 0.05) is 6.54 Å². The first-order valence-electron chi connectivity index (χ1n) is 5.22. The first-order valence-corrected chi connectivity index (χ1v) is 5.22. The predicted octanol–water partition coefficient (Wildman–Crippen LogP) is 2.45. The largest absolute Gasteiger partial charge is 0.411 e. The van der Waals surface area contributed by atoms with E-state index in [9.17, 15) is 13.2 Å². The van der Waals surface area contributed by atoms with Crippen LogP contribution < -0.4 is 5.32 Å². The van der Waals surface area contributed by atoms with Crippen LogP contribution in [0.1, 0.15) is 20.8 Å². The van der Waals surface area contributed by atoms with Crippen molar-refractivity contribution in [2.75, 3.05) is 26.3 Å². The topological polar surface area (TPSA) is 21.3 Å². The van der Waals surface area contributed by atoms with Crippen LogP contribution in [0.15, 0.2) is 0 Å². The van der Waals surface area contributed by atoms with E-state index in [1.807, 2.05) is 20.8 Å². The Bertz CT molecular complexity index is 159. The molecule has 15 heavy (non-hydrogen) atoms. The van der Waals surface area contributed by atoms with E-state index in [0.29, 0.717) is 12.5 Å². The van der Waals surface area contributed by atoms with Crippen LogP contribution in [0, 0.1) is 11.8 Å². The second-order valence-electron chi connectivity index (χ2n) is 3.94. The van der Waals surface area contributed by atoms with E-state index in [4.69, 9.17) is 0 Å². The highest BCUT2D eigenvalue weighted by atomic mass is 19.4. The van der Waals surface area contributed by atoms with E-state index < -0.39 is 12.8 Å². The second-order valence-corrected chi connectivity index (χ2v) is 3.94. The average Bonchev–Trinajstić information content (AvgIpc) is 2.08. The summed E-state index contributed by atoms with van der Waals surface area (Å²) in [6.45, 7) is 6.47. The van der Waals surface area contributed by atoms with Gasteiger partial charge in [0.25, 0.3) is 0 Å². The fourth-order valence-electron chi connectivity index (χ4n) is 1.14. The lowest BCUT2D eigenvalue weighted by atomic mass is 9.97. The Balaban J connectivity index is 3.76. The molecule has 0 heterocycles. The van der Waals surface area contributed by atoms with Crippen molar-refractivity contribution >= 4 is 0 Å². The molecule has 2 nitrogen and oxygen atoms in total. The van der Waals surface area contributed by atoms with Gasteiger partial charge >= 0.3 is 6.18 Å². The van der Waals surface area contributed by atoms with E-state index in [0.717, 1.165) is 6.54 Å². The van der Waals surface area contributed by atoms with Crippen LogP contribution in [0.25, 0.3) is 0 Å². The van der Waals surface area contributed by atoms with Crippen molar-refractivity contribution < 1.29 is 17.9 Å². The first kappa shape index (κ1) is 14.7. The van der Waals surface area contributed by atoms with Crippen LogP contribution in [-0.4, -0.2) is 32.5 Å². The molecule has 0 saturated heterocycles. The molecule has 0 aromatic carbocycles. The van der Waals surface area contributed by atoms with Crippen LogP contribution in [0.3, 0.4) is 0 Å². The minimum absolute atomic E-state index is 0.132. The lowest BCUT2D eigenvalue weighted by molar-refractivity contribution is -0.177. The third kappa shape index (κ3) is 8.69. The Kier molecular flexibility index (Phi) is 6.92. The van der Waals surface area contributed by atoms with Crippen LogP contribution in [0.4, 0.5) is 13.2 Å². The summed E-state index contributed by atoms with van der Waals surface area (Å²) in [5, 5.41) is 3.12. The standard InChI is InChI=1S/C10H20F3NO/c1-4-14-5-9(8(2)3)6-15-7-10(11,12)13/h8-9,14H,4-7H2,1-3H3. The highest BCUT2D eigenvalue weighted by Gasteiger charge is 2.28. The van der Waals surface area contributed by atoms with Crippen molar-refractivity contribution in [2.45, 2.75) is 26.9 Å². The van der Waals surface area contributed by atoms with Gasteiger partial charge in [0.15, 0.2) is 0 Å². The Labute approximate surface area is 89.2 Å². The van der Waals surface area contributed by atoms with Crippen molar-refractivity contribution in [3.8, 4) is 0 Å². The van der Waals surface area contributed by atoms with Gasteiger partial charge in [-0.25, -0.2) is 0 Å². The Morgan fingerprint density at radius 3 is 2.27 bits per heavy atom. The summed E-state index contributed by atoms with van der Waals surface area (Å²) in [4.78, 5) is 0. The quantitative estimate of drug-likeness (QED) is 0.721. The SMILES string of the molecule is CCNCC(COCC(F)(F)F)C(C)C. The molecule has 92 valence electrons. The minimum Gasteiger partial charge on any atom is -0.372 e. The number of ether oxygens (including phenoxy) is 1. The van der Waals surface area contributed by atoms with Crippen molar-refractivity contribution in [3.05, 3.63) is 0 Å². The van der Waals surface area contributed by atoms with Gasteiger partial charge < -0.3 is 10.1 Å². The first-order chi connectivity index (χ1) is 6.87. The van der Waals surface area contributed by atoms with Gasteiger partial charge in [0.05, 0.1) is 6.61 Å². The molecule has 0 aliphatic rings. The summed E-state index contributed by atoms with van der Waals surface area (Å²) in [6.07, 6.45) is -4.22. The van der Waals surface area contributed by atoms with Crippen LogP contribution in [0.5, 0.6) is 0 Å². The van der Waals surface area contributed by atoms with Gasteiger partial charge in [-0.05, 0) is 18.4 Å². The molecule has 5 heteroatoms. The predicted molar refractivity (Wildman–Crippen MR) is 53.7 cm³/mol. The summed E-state index contributed by atoms with van der Waals surface area (Å²) < 4.78 is 40.1. The van der Waals surface area contributed by atoms with Gasteiger partial charge in [0.2, 0.25) is 0 Å². The molecular formula is C10H20F3NO. The number of halogens is 3. The fourth-order valence-corrected chi connectivity index (χ4v) is 1.14.